The topological polar surface area (TPSA) is 84.9 Å². The van der Waals surface area contributed by atoms with E-state index in [2.05, 4.69) is 21.2 Å². The molecule has 0 saturated carbocycles. The molecule has 1 fully saturated rings. The van der Waals surface area contributed by atoms with Gasteiger partial charge in [0.15, 0.2) is 0 Å². The van der Waals surface area contributed by atoms with Crippen molar-refractivity contribution in [2.24, 2.45) is 0 Å². The van der Waals surface area contributed by atoms with E-state index in [-0.39, 0.29) is 30.4 Å². The van der Waals surface area contributed by atoms with Crippen LogP contribution in [0.3, 0.4) is 0 Å². The highest BCUT2D eigenvalue weighted by atomic mass is 79.9. The van der Waals surface area contributed by atoms with E-state index >= 15 is 0 Å². The molecule has 1 unspecified atom stereocenters. The number of hydrogen-bond donors (Lipinski definition) is 1. The number of carbonyl (C=O) groups excluding carboxylic acids is 3. The quantitative estimate of drug-likeness (QED) is 0.447. The molecule has 5 rings (SSSR count). The summed E-state index contributed by atoms with van der Waals surface area (Å²) in [7, 11) is 0. The Morgan fingerprint density at radius 3 is 2.53 bits per heavy atom. The Balaban J connectivity index is 1.29. The number of anilines is 1. The molecule has 1 N–H and O–H groups in total. The first-order chi connectivity index (χ1) is 16.5. The number of amides is 3. The molecule has 0 aliphatic carbocycles. The molecule has 0 spiro atoms. The van der Waals surface area contributed by atoms with E-state index < -0.39 is 0 Å². The fourth-order valence-electron chi connectivity index (χ4n) is 4.07. The fraction of sp³-hybridized carbons (Fsp3) is 0.192. The molecule has 0 aromatic heterocycles. The van der Waals surface area contributed by atoms with Crippen molar-refractivity contribution < 1.29 is 23.9 Å². The Morgan fingerprint density at radius 1 is 1.00 bits per heavy atom. The van der Waals surface area contributed by atoms with Gasteiger partial charge < -0.3 is 14.8 Å². The van der Waals surface area contributed by atoms with Gasteiger partial charge in [0.25, 0.3) is 17.7 Å². The Hall–Kier alpha value is -3.49. The molecule has 3 amide bonds. The number of fused-ring (bicyclic) bond motifs is 1. The molecule has 2 aliphatic heterocycles. The summed E-state index contributed by atoms with van der Waals surface area (Å²) in [6.45, 7) is 0.928. The summed E-state index contributed by atoms with van der Waals surface area (Å²) in [6, 6.07) is 18.9. The maximum atomic E-state index is 12.9. The van der Waals surface area contributed by atoms with Gasteiger partial charge in [-0.2, -0.15) is 0 Å². The molecular formula is C26H21BrN2O5. The van der Waals surface area contributed by atoms with Gasteiger partial charge in [-0.1, -0.05) is 22.0 Å². The molecule has 3 aromatic rings. The van der Waals surface area contributed by atoms with Crippen LogP contribution in [0.25, 0.3) is 0 Å². The van der Waals surface area contributed by atoms with Crippen molar-refractivity contribution in [1.29, 1.82) is 0 Å². The Kier molecular flexibility index (Phi) is 6.17. The van der Waals surface area contributed by atoms with E-state index in [0.29, 0.717) is 40.5 Å². The van der Waals surface area contributed by atoms with E-state index in [1.54, 1.807) is 66.7 Å². The van der Waals surface area contributed by atoms with Gasteiger partial charge in [-0.05, 0) is 67.4 Å². The lowest BCUT2D eigenvalue weighted by atomic mass is 10.1. The molecule has 8 heteroatoms. The summed E-state index contributed by atoms with van der Waals surface area (Å²) in [5, 5.41) is 2.85. The summed E-state index contributed by atoms with van der Waals surface area (Å²) >= 11 is 3.35. The van der Waals surface area contributed by atoms with E-state index in [0.717, 1.165) is 17.3 Å². The van der Waals surface area contributed by atoms with Gasteiger partial charge in [0.2, 0.25) is 0 Å². The smallest absolute Gasteiger partial charge is 0.261 e. The van der Waals surface area contributed by atoms with Crippen LogP contribution < -0.4 is 10.1 Å². The summed E-state index contributed by atoms with van der Waals surface area (Å²) in [5.74, 6) is 0.0329. The normalized spacial score (nSPS) is 17.1. The minimum Gasteiger partial charge on any atom is -0.457 e. The highest BCUT2D eigenvalue weighted by molar-refractivity contribution is 9.10. The van der Waals surface area contributed by atoms with E-state index in [4.69, 9.17) is 9.47 Å². The number of ether oxygens (including phenoxy) is 2. The van der Waals surface area contributed by atoms with Gasteiger partial charge in [-0.15, -0.1) is 0 Å². The van der Waals surface area contributed by atoms with Crippen molar-refractivity contribution in [3.63, 3.8) is 0 Å². The zero-order chi connectivity index (χ0) is 23.7. The predicted molar refractivity (Wildman–Crippen MR) is 129 cm³/mol. The molecule has 2 aliphatic rings. The lowest BCUT2D eigenvalue weighted by Crippen LogP contribution is -2.36. The van der Waals surface area contributed by atoms with Crippen molar-refractivity contribution in [1.82, 2.24) is 4.90 Å². The van der Waals surface area contributed by atoms with Crippen molar-refractivity contribution >= 4 is 39.3 Å². The average Bonchev–Trinajstić information content (AvgIpc) is 3.43. The molecule has 2 heterocycles. The lowest BCUT2D eigenvalue weighted by Gasteiger charge is -2.17. The van der Waals surface area contributed by atoms with Crippen molar-refractivity contribution in [2.75, 3.05) is 18.5 Å². The second-order valence-electron chi connectivity index (χ2n) is 8.15. The monoisotopic (exact) mass is 520 g/mol. The number of carbonyl (C=O) groups is 3. The minimum absolute atomic E-state index is 0.103. The number of nitrogens with zero attached hydrogens (tertiary/aromatic N) is 1. The second-order valence-corrected chi connectivity index (χ2v) is 9.07. The number of benzene rings is 3. The third-order valence-corrected chi connectivity index (χ3v) is 6.32. The van der Waals surface area contributed by atoms with Crippen LogP contribution in [0, 0.1) is 0 Å². The molecule has 1 saturated heterocycles. The van der Waals surface area contributed by atoms with Gasteiger partial charge in [0.1, 0.15) is 11.5 Å². The minimum atomic E-state index is -0.337. The molecule has 1 atom stereocenters. The third kappa shape index (κ3) is 4.60. The van der Waals surface area contributed by atoms with Crippen LogP contribution in [-0.2, 0) is 4.74 Å². The number of imide groups is 1. The standard InChI is InChI=1S/C26H21BrN2O5/c27-17-8-6-16(7-9-17)24(30)28-18-3-1-4-19(13-18)34-20-10-11-22-23(14-20)26(32)29(25(22)31)15-21-5-2-12-33-21/h1,3-4,6-11,13-14,21H,2,5,12,15H2,(H,28,30). The maximum absolute atomic E-state index is 12.9. The van der Waals surface area contributed by atoms with E-state index in [9.17, 15) is 14.4 Å². The summed E-state index contributed by atoms with van der Waals surface area (Å²) in [4.78, 5) is 39.3. The number of nitrogens with one attached hydrogen (secondary N) is 1. The summed E-state index contributed by atoms with van der Waals surface area (Å²) in [6.07, 6.45) is 1.68. The van der Waals surface area contributed by atoms with Gasteiger partial charge in [0, 0.05) is 28.4 Å². The van der Waals surface area contributed by atoms with Crippen LogP contribution in [0.2, 0.25) is 0 Å². The molecular weight excluding hydrogens is 500 g/mol. The van der Waals surface area contributed by atoms with E-state index in [1.165, 1.54) is 4.90 Å². The van der Waals surface area contributed by atoms with Gasteiger partial charge in [-0.25, -0.2) is 0 Å². The molecule has 0 radical (unpaired) electrons. The fourth-order valence-corrected chi connectivity index (χ4v) is 4.33. The first-order valence-electron chi connectivity index (χ1n) is 10.9. The molecule has 7 nitrogen and oxygen atoms in total. The van der Waals surface area contributed by atoms with Crippen LogP contribution in [0.15, 0.2) is 71.2 Å². The molecule has 3 aromatic carbocycles. The highest BCUT2D eigenvalue weighted by Crippen LogP contribution is 2.31. The van der Waals surface area contributed by atoms with Crippen LogP contribution in [-0.4, -0.2) is 41.9 Å². The van der Waals surface area contributed by atoms with Crippen LogP contribution in [0.5, 0.6) is 11.5 Å². The summed E-state index contributed by atoms with van der Waals surface area (Å²) in [5.41, 5.74) is 1.79. The van der Waals surface area contributed by atoms with Crippen LogP contribution in [0.1, 0.15) is 43.9 Å². The largest absolute Gasteiger partial charge is 0.457 e. The zero-order valence-corrected chi connectivity index (χ0v) is 19.7. The highest BCUT2D eigenvalue weighted by Gasteiger charge is 2.37. The van der Waals surface area contributed by atoms with E-state index in [1.807, 2.05) is 0 Å². The molecule has 172 valence electrons. The number of hydrogen-bond acceptors (Lipinski definition) is 5. The molecule has 34 heavy (non-hydrogen) atoms. The number of halogens is 1. The Morgan fingerprint density at radius 2 is 1.76 bits per heavy atom. The van der Waals surface area contributed by atoms with Crippen molar-refractivity contribution in [2.45, 2.75) is 18.9 Å². The summed E-state index contributed by atoms with van der Waals surface area (Å²) < 4.78 is 12.4. The van der Waals surface area contributed by atoms with Crippen LogP contribution in [0.4, 0.5) is 5.69 Å². The van der Waals surface area contributed by atoms with Crippen molar-refractivity contribution in [3.8, 4) is 11.5 Å². The first-order valence-corrected chi connectivity index (χ1v) is 11.7. The Labute approximate surface area is 204 Å². The first kappa shape index (κ1) is 22.3. The third-order valence-electron chi connectivity index (χ3n) is 5.79. The van der Waals surface area contributed by atoms with Gasteiger partial charge in [0.05, 0.1) is 23.8 Å². The van der Waals surface area contributed by atoms with Crippen LogP contribution >= 0.6 is 15.9 Å². The second kappa shape index (κ2) is 9.40. The average molecular weight is 521 g/mol. The zero-order valence-electron chi connectivity index (χ0n) is 18.1. The molecule has 0 bridgehead atoms. The number of rotatable bonds is 6. The van der Waals surface area contributed by atoms with Gasteiger partial charge in [-0.3, -0.25) is 19.3 Å². The SMILES string of the molecule is O=C(Nc1cccc(Oc2ccc3c(c2)C(=O)N(CC2CCCO2)C3=O)c1)c1ccc(Br)cc1. The predicted octanol–water partition coefficient (Wildman–Crippen LogP) is 5.27. The van der Waals surface area contributed by atoms with Crippen molar-refractivity contribution in [3.05, 3.63) is 87.9 Å². The van der Waals surface area contributed by atoms with Gasteiger partial charge >= 0.3 is 0 Å². The Bertz CT molecular complexity index is 1270. The lowest BCUT2D eigenvalue weighted by molar-refractivity contribution is 0.0475. The maximum Gasteiger partial charge on any atom is 0.261 e.